The number of benzene rings is 3. The van der Waals surface area contributed by atoms with Gasteiger partial charge < -0.3 is 10.1 Å². The molecule has 3 rings (SSSR count). The van der Waals surface area contributed by atoms with Gasteiger partial charge in [-0.1, -0.05) is 43.3 Å². The van der Waals surface area contributed by atoms with E-state index < -0.39 is 6.10 Å². The molecule has 1 unspecified atom stereocenters. The SMILES string of the molecule is CCC(Oc1ccc(C)c(C)c1)C(=O)Nc1ccc(CSc2ccccc2)cc1C. The minimum Gasteiger partial charge on any atom is -0.481 e. The minimum atomic E-state index is -0.528. The summed E-state index contributed by atoms with van der Waals surface area (Å²) in [4.78, 5) is 14.1. The lowest BCUT2D eigenvalue weighted by Crippen LogP contribution is -2.32. The molecule has 3 aromatic carbocycles. The number of hydrogen-bond acceptors (Lipinski definition) is 3. The van der Waals surface area contributed by atoms with Gasteiger partial charge in [0.05, 0.1) is 0 Å². The summed E-state index contributed by atoms with van der Waals surface area (Å²) >= 11 is 1.81. The molecule has 3 nitrogen and oxygen atoms in total. The molecule has 0 bridgehead atoms. The largest absolute Gasteiger partial charge is 0.481 e. The summed E-state index contributed by atoms with van der Waals surface area (Å²) in [7, 11) is 0. The summed E-state index contributed by atoms with van der Waals surface area (Å²) in [6.07, 6.45) is 0.0729. The third-order valence-electron chi connectivity index (χ3n) is 5.12. The summed E-state index contributed by atoms with van der Waals surface area (Å²) in [5.41, 5.74) is 5.48. The molecule has 0 spiro atoms. The molecule has 3 aromatic rings. The third-order valence-corrected chi connectivity index (χ3v) is 6.20. The third kappa shape index (κ3) is 5.90. The maximum absolute atomic E-state index is 12.8. The number of nitrogens with one attached hydrogen (secondary N) is 1. The van der Waals surface area contributed by atoms with Crippen molar-refractivity contribution in [1.29, 1.82) is 0 Å². The van der Waals surface area contributed by atoms with Crippen molar-refractivity contribution in [2.24, 2.45) is 0 Å². The lowest BCUT2D eigenvalue weighted by atomic mass is 10.1. The Balaban J connectivity index is 1.62. The molecule has 0 aliphatic carbocycles. The molecule has 0 saturated carbocycles. The highest BCUT2D eigenvalue weighted by Crippen LogP contribution is 2.25. The number of carbonyl (C=O) groups excluding carboxylic acids is 1. The van der Waals surface area contributed by atoms with E-state index in [0.717, 1.165) is 28.3 Å². The van der Waals surface area contributed by atoms with E-state index >= 15 is 0 Å². The summed E-state index contributed by atoms with van der Waals surface area (Å²) in [6, 6.07) is 22.5. The fourth-order valence-corrected chi connectivity index (χ4v) is 3.99. The fourth-order valence-electron chi connectivity index (χ4n) is 3.13. The van der Waals surface area contributed by atoms with Crippen molar-refractivity contribution in [3.63, 3.8) is 0 Å². The van der Waals surface area contributed by atoms with Crippen molar-refractivity contribution in [3.05, 3.63) is 89.0 Å². The van der Waals surface area contributed by atoms with E-state index in [0.29, 0.717) is 6.42 Å². The Labute approximate surface area is 183 Å². The van der Waals surface area contributed by atoms with Gasteiger partial charge in [0.15, 0.2) is 6.10 Å². The Morgan fingerprint density at radius 1 is 0.933 bits per heavy atom. The predicted octanol–water partition coefficient (Wildman–Crippen LogP) is 6.70. The lowest BCUT2D eigenvalue weighted by Gasteiger charge is -2.19. The van der Waals surface area contributed by atoms with Gasteiger partial charge in [0.1, 0.15) is 5.75 Å². The Kier molecular flexibility index (Phi) is 7.58. The van der Waals surface area contributed by atoms with E-state index in [1.165, 1.54) is 16.0 Å². The molecule has 4 heteroatoms. The van der Waals surface area contributed by atoms with Crippen molar-refractivity contribution in [2.45, 2.75) is 50.9 Å². The maximum Gasteiger partial charge on any atom is 0.265 e. The van der Waals surface area contributed by atoms with Crippen LogP contribution in [0.2, 0.25) is 0 Å². The summed E-state index contributed by atoms with van der Waals surface area (Å²) in [6.45, 7) is 8.09. The van der Waals surface area contributed by atoms with E-state index in [2.05, 4.69) is 48.6 Å². The Morgan fingerprint density at radius 2 is 1.70 bits per heavy atom. The monoisotopic (exact) mass is 419 g/mol. The molecule has 1 amide bonds. The van der Waals surface area contributed by atoms with Gasteiger partial charge >= 0.3 is 0 Å². The minimum absolute atomic E-state index is 0.120. The molecule has 0 aromatic heterocycles. The van der Waals surface area contributed by atoms with Crippen LogP contribution in [-0.4, -0.2) is 12.0 Å². The second kappa shape index (κ2) is 10.4. The van der Waals surface area contributed by atoms with Crippen LogP contribution in [0.25, 0.3) is 0 Å². The summed E-state index contributed by atoms with van der Waals surface area (Å²) < 4.78 is 5.97. The van der Waals surface area contributed by atoms with Gasteiger partial charge in [0.2, 0.25) is 0 Å². The predicted molar refractivity (Wildman–Crippen MR) is 126 cm³/mol. The number of ether oxygens (including phenoxy) is 1. The molecular formula is C26H29NO2S. The van der Waals surface area contributed by atoms with Gasteiger partial charge in [-0.05, 0) is 79.8 Å². The summed E-state index contributed by atoms with van der Waals surface area (Å²) in [5.74, 6) is 1.50. The molecule has 0 radical (unpaired) electrons. The van der Waals surface area contributed by atoms with Crippen LogP contribution in [0, 0.1) is 20.8 Å². The maximum atomic E-state index is 12.8. The van der Waals surface area contributed by atoms with Gasteiger partial charge in [-0.15, -0.1) is 11.8 Å². The highest BCUT2D eigenvalue weighted by atomic mass is 32.2. The van der Waals surface area contributed by atoms with Crippen LogP contribution in [0.4, 0.5) is 5.69 Å². The number of hydrogen-bond donors (Lipinski definition) is 1. The molecule has 1 atom stereocenters. The average molecular weight is 420 g/mol. The Morgan fingerprint density at radius 3 is 2.37 bits per heavy atom. The van der Waals surface area contributed by atoms with Crippen molar-refractivity contribution in [1.82, 2.24) is 0 Å². The second-order valence-corrected chi connectivity index (χ2v) is 8.55. The fraction of sp³-hybridized carbons (Fsp3) is 0.269. The number of amides is 1. The standard InChI is InChI=1S/C26H29NO2S/c1-5-25(29-22-13-11-18(2)19(3)16-22)26(28)27-24-14-12-21(15-20(24)4)17-30-23-9-7-6-8-10-23/h6-16,25H,5,17H2,1-4H3,(H,27,28). The zero-order valence-electron chi connectivity index (χ0n) is 18.1. The van der Waals surface area contributed by atoms with Gasteiger partial charge in [-0.25, -0.2) is 0 Å². The molecule has 0 saturated heterocycles. The van der Waals surface area contributed by atoms with Crippen LogP contribution in [0.3, 0.4) is 0 Å². The molecule has 0 heterocycles. The van der Waals surface area contributed by atoms with Gasteiger partial charge in [-0.3, -0.25) is 4.79 Å². The first kappa shape index (κ1) is 22.0. The lowest BCUT2D eigenvalue weighted by molar-refractivity contribution is -0.122. The zero-order valence-corrected chi connectivity index (χ0v) is 18.9. The second-order valence-electron chi connectivity index (χ2n) is 7.50. The van der Waals surface area contributed by atoms with Crippen LogP contribution in [-0.2, 0) is 10.5 Å². The number of aryl methyl sites for hydroxylation is 3. The Hall–Kier alpha value is -2.72. The summed E-state index contributed by atoms with van der Waals surface area (Å²) in [5, 5.41) is 3.04. The normalized spacial score (nSPS) is 11.7. The highest BCUT2D eigenvalue weighted by Gasteiger charge is 2.19. The number of rotatable bonds is 8. The number of carbonyl (C=O) groups is 1. The van der Waals surface area contributed by atoms with Crippen molar-refractivity contribution in [2.75, 3.05) is 5.32 Å². The van der Waals surface area contributed by atoms with Gasteiger partial charge in [0.25, 0.3) is 5.91 Å². The first-order valence-electron chi connectivity index (χ1n) is 10.3. The van der Waals surface area contributed by atoms with E-state index in [4.69, 9.17) is 4.74 Å². The van der Waals surface area contributed by atoms with Crippen LogP contribution in [0.1, 0.15) is 35.6 Å². The van der Waals surface area contributed by atoms with Crippen LogP contribution < -0.4 is 10.1 Å². The molecule has 30 heavy (non-hydrogen) atoms. The molecule has 1 N–H and O–H groups in total. The number of thioether (sulfide) groups is 1. The van der Waals surface area contributed by atoms with Crippen LogP contribution >= 0.6 is 11.8 Å². The van der Waals surface area contributed by atoms with Gasteiger partial charge in [-0.2, -0.15) is 0 Å². The molecular weight excluding hydrogens is 390 g/mol. The highest BCUT2D eigenvalue weighted by molar-refractivity contribution is 7.98. The van der Waals surface area contributed by atoms with E-state index in [9.17, 15) is 4.79 Å². The Bertz CT molecular complexity index is 1000. The first-order chi connectivity index (χ1) is 14.5. The number of anilines is 1. The van der Waals surface area contributed by atoms with Crippen LogP contribution in [0.5, 0.6) is 5.75 Å². The van der Waals surface area contributed by atoms with Crippen molar-refractivity contribution >= 4 is 23.4 Å². The zero-order chi connectivity index (χ0) is 21.5. The van der Waals surface area contributed by atoms with E-state index in [1.54, 1.807) is 11.8 Å². The smallest absolute Gasteiger partial charge is 0.265 e. The first-order valence-corrected chi connectivity index (χ1v) is 11.3. The van der Waals surface area contributed by atoms with E-state index in [-0.39, 0.29) is 5.91 Å². The molecule has 0 fully saturated rings. The van der Waals surface area contributed by atoms with E-state index in [1.807, 2.05) is 51.1 Å². The molecule has 0 aliphatic heterocycles. The topological polar surface area (TPSA) is 38.3 Å². The average Bonchev–Trinajstić information content (AvgIpc) is 2.75. The van der Waals surface area contributed by atoms with Crippen molar-refractivity contribution < 1.29 is 9.53 Å². The molecule has 0 aliphatic rings. The van der Waals surface area contributed by atoms with Crippen LogP contribution in [0.15, 0.2) is 71.6 Å². The van der Waals surface area contributed by atoms with Gasteiger partial charge in [0, 0.05) is 16.3 Å². The quantitative estimate of drug-likeness (QED) is 0.413. The molecule has 156 valence electrons. The van der Waals surface area contributed by atoms with Crippen molar-refractivity contribution in [3.8, 4) is 5.75 Å².